The fourth-order valence-corrected chi connectivity index (χ4v) is 2.53. The van der Waals surface area contributed by atoms with Crippen molar-refractivity contribution in [1.29, 1.82) is 0 Å². The normalized spacial score (nSPS) is 10.7. The van der Waals surface area contributed by atoms with Crippen molar-refractivity contribution in [3.63, 3.8) is 0 Å². The van der Waals surface area contributed by atoms with Gasteiger partial charge in [-0.2, -0.15) is 5.10 Å². The summed E-state index contributed by atoms with van der Waals surface area (Å²) < 4.78 is 8.58. The molecule has 3 aromatic rings. The summed E-state index contributed by atoms with van der Waals surface area (Å²) in [5, 5.41) is 12.3. The average molecular weight is 340 g/mol. The van der Waals surface area contributed by atoms with Crippen molar-refractivity contribution >= 4 is 5.91 Å². The zero-order valence-corrected chi connectivity index (χ0v) is 14.5. The van der Waals surface area contributed by atoms with E-state index in [0.29, 0.717) is 12.2 Å². The molecule has 2 aromatic heterocycles. The molecule has 0 bridgehead atoms. The molecule has 0 aliphatic heterocycles. The van der Waals surface area contributed by atoms with Crippen molar-refractivity contribution in [2.45, 2.75) is 13.1 Å². The third kappa shape index (κ3) is 3.85. The van der Waals surface area contributed by atoms with E-state index in [1.54, 1.807) is 36.1 Å². The molecule has 0 saturated carbocycles. The fraction of sp³-hybridized carbons (Fsp3) is 0.294. The van der Waals surface area contributed by atoms with E-state index in [0.717, 1.165) is 16.9 Å². The number of benzene rings is 1. The smallest absolute Gasteiger partial charge is 0.244 e. The average Bonchev–Trinajstić information content (AvgIpc) is 3.23. The Balaban J connectivity index is 1.67. The van der Waals surface area contributed by atoms with E-state index in [1.165, 1.54) is 4.68 Å². The Morgan fingerprint density at radius 2 is 2.08 bits per heavy atom. The maximum absolute atomic E-state index is 12.4. The standard InChI is InChI=1S/C17H20N6O2/c1-21(9-13-8-18-22(2)10-13)17(24)12-23-11-15(19-20-23)14-6-4-5-7-16(14)25-3/h4-8,10-11H,9,12H2,1-3H3. The number of nitrogens with zero attached hydrogens (tertiary/aromatic N) is 6. The molecular weight excluding hydrogens is 320 g/mol. The second-order valence-electron chi connectivity index (χ2n) is 5.77. The lowest BCUT2D eigenvalue weighted by Gasteiger charge is -2.15. The van der Waals surface area contributed by atoms with Crippen LogP contribution in [0.15, 0.2) is 42.9 Å². The van der Waals surface area contributed by atoms with Crippen molar-refractivity contribution in [3.05, 3.63) is 48.4 Å². The van der Waals surface area contributed by atoms with E-state index in [9.17, 15) is 4.79 Å². The first-order chi connectivity index (χ1) is 12.1. The molecular formula is C17H20N6O2. The summed E-state index contributed by atoms with van der Waals surface area (Å²) in [4.78, 5) is 14.0. The lowest BCUT2D eigenvalue weighted by molar-refractivity contribution is -0.131. The zero-order valence-electron chi connectivity index (χ0n) is 14.5. The van der Waals surface area contributed by atoms with Gasteiger partial charge in [-0.25, -0.2) is 4.68 Å². The first kappa shape index (κ1) is 16.7. The van der Waals surface area contributed by atoms with Gasteiger partial charge in [0, 0.05) is 38.0 Å². The molecule has 0 N–H and O–H groups in total. The van der Waals surface area contributed by atoms with Crippen LogP contribution in [0.2, 0.25) is 0 Å². The Morgan fingerprint density at radius 1 is 1.28 bits per heavy atom. The number of methoxy groups -OCH3 is 1. The summed E-state index contributed by atoms with van der Waals surface area (Å²) in [6.45, 7) is 0.625. The van der Waals surface area contributed by atoms with Crippen LogP contribution in [0.3, 0.4) is 0 Å². The predicted octanol–water partition coefficient (Wildman–Crippen LogP) is 1.35. The number of rotatable bonds is 6. The van der Waals surface area contributed by atoms with Crippen molar-refractivity contribution in [1.82, 2.24) is 29.7 Å². The fourth-order valence-electron chi connectivity index (χ4n) is 2.53. The highest BCUT2D eigenvalue weighted by Crippen LogP contribution is 2.27. The van der Waals surface area contributed by atoms with Crippen molar-refractivity contribution in [2.24, 2.45) is 7.05 Å². The van der Waals surface area contributed by atoms with Gasteiger partial charge in [-0.05, 0) is 12.1 Å². The van der Waals surface area contributed by atoms with E-state index in [1.807, 2.05) is 37.5 Å². The Kier molecular flexibility index (Phi) is 4.78. The molecule has 25 heavy (non-hydrogen) atoms. The molecule has 8 nitrogen and oxygen atoms in total. The molecule has 0 radical (unpaired) electrons. The Bertz CT molecular complexity index is 869. The van der Waals surface area contributed by atoms with Gasteiger partial charge in [-0.1, -0.05) is 17.3 Å². The molecule has 0 aliphatic carbocycles. The topological polar surface area (TPSA) is 78.1 Å². The number of amides is 1. The molecule has 0 saturated heterocycles. The molecule has 0 spiro atoms. The van der Waals surface area contributed by atoms with Gasteiger partial charge in [0.15, 0.2) is 0 Å². The molecule has 0 aliphatic rings. The van der Waals surface area contributed by atoms with Gasteiger partial charge < -0.3 is 9.64 Å². The van der Waals surface area contributed by atoms with Gasteiger partial charge in [-0.3, -0.25) is 9.48 Å². The maximum atomic E-state index is 12.4. The third-order valence-electron chi connectivity index (χ3n) is 3.82. The number of para-hydroxylation sites is 1. The van der Waals surface area contributed by atoms with Gasteiger partial charge in [0.2, 0.25) is 5.91 Å². The largest absolute Gasteiger partial charge is 0.496 e. The minimum Gasteiger partial charge on any atom is -0.496 e. The lowest BCUT2D eigenvalue weighted by Crippen LogP contribution is -2.29. The predicted molar refractivity (Wildman–Crippen MR) is 91.7 cm³/mol. The van der Waals surface area contributed by atoms with Gasteiger partial charge in [-0.15, -0.1) is 5.10 Å². The second kappa shape index (κ2) is 7.16. The Morgan fingerprint density at radius 3 is 2.80 bits per heavy atom. The quantitative estimate of drug-likeness (QED) is 0.677. The van der Waals surface area contributed by atoms with Crippen molar-refractivity contribution in [3.8, 4) is 17.0 Å². The van der Waals surface area contributed by atoms with Crippen LogP contribution in [-0.2, 0) is 24.9 Å². The maximum Gasteiger partial charge on any atom is 0.244 e. The van der Waals surface area contributed by atoms with Crippen LogP contribution in [0.1, 0.15) is 5.56 Å². The number of ether oxygens (including phenoxy) is 1. The first-order valence-corrected chi connectivity index (χ1v) is 7.82. The minimum absolute atomic E-state index is 0.0553. The van der Waals surface area contributed by atoms with Crippen LogP contribution < -0.4 is 4.74 Å². The molecule has 0 fully saturated rings. The van der Waals surface area contributed by atoms with Crippen molar-refractivity contribution in [2.75, 3.05) is 14.2 Å². The highest BCUT2D eigenvalue weighted by molar-refractivity contribution is 5.75. The van der Waals surface area contributed by atoms with E-state index in [-0.39, 0.29) is 12.5 Å². The first-order valence-electron chi connectivity index (χ1n) is 7.82. The summed E-state index contributed by atoms with van der Waals surface area (Å²) in [5.74, 6) is 0.662. The number of aryl methyl sites for hydroxylation is 1. The Hall–Kier alpha value is -3.16. The van der Waals surface area contributed by atoms with E-state index in [2.05, 4.69) is 15.4 Å². The van der Waals surface area contributed by atoms with Crippen LogP contribution >= 0.6 is 0 Å². The number of likely N-dealkylation sites (N-methyl/N-ethyl adjacent to an activating group) is 1. The zero-order chi connectivity index (χ0) is 17.8. The molecule has 1 aromatic carbocycles. The second-order valence-corrected chi connectivity index (χ2v) is 5.77. The van der Waals surface area contributed by atoms with Crippen LogP contribution in [0.25, 0.3) is 11.3 Å². The molecule has 2 heterocycles. The minimum atomic E-state index is -0.0553. The number of hydrogen-bond donors (Lipinski definition) is 0. The summed E-state index contributed by atoms with van der Waals surface area (Å²) in [7, 11) is 5.22. The molecule has 3 rings (SSSR count). The van der Waals surface area contributed by atoms with E-state index >= 15 is 0 Å². The number of carbonyl (C=O) groups is 1. The van der Waals surface area contributed by atoms with Gasteiger partial charge in [0.25, 0.3) is 0 Å². The van der Waals surface area contributed by atoms with Gasteiger partial charge >= 0.3 is 0 Å². The van der Waals surface area contributed by atoms with Gasteiger partial charge in [0.1, 0.15) is 18.0 Å². The SMILES string of the molecule is COc1ccccc1-c1cn(CC(=O)N(C)Cc2cnn(C)c2)nn1. The van der Waals surface area contributed by atoms with E-state index < -0.39 is 0 Å². The molecule has 1 amide bonds. The van der Waals surface area contributed by atoms with Crippen LogP contribution in [-0.4, -0.2) is 49.7 Å². The van der Waals surface area contributed by atoms with Gasteiger partial charge in [0.05, 0.1) is 19.5 Å². The van der Waals surface area contributed by atoms with Crippen LogP contribution in [0, 0.1) is 0 Å². The molecule has 130 valence electrons. The number of aromatic nitrogens is 5. The summed E-state index contributed by atoms with van der Waals surface area (Å²) in [6, 6.07) is 7.57. The van der Waals surface area contributed by atoms with E-state index in [4.69, 9.17) is 4.74 Å². The van der Waals surface area contributed by atoms with Crippen LogP contribution in [0.5, 0.6) is 5.75 Å². The highest BCUT2D eigenvalue weighted by Gasteiger charge is 2.14. The summed E-state index contributed by atoms with van der Waals surface area (Å²) in [5.41, 5.74) is 2.49. The number of hydrogen-bond acceptors (Lipinski definition) is 5. The Labute approximate surface area is 145 Å². The van der Waals surface area contributed by atoms with Crippen molar-refractivity contribution < 1.29 is 9.53 Å². The summed E-state index contributed by atoms with van der Waals surface area (Å²) >= 11 is 0. The highest BCUT2D eigenvalue weighted by atomic mass is 16.5. The molecule has 0 atom stereocenters. The molecule has 0 unspecified atom stereocenters. The summed E-state index contributed by atoms with van der Waals surface area (Å²) in [6.07, 6.45) is 5.38. The van der Waals surface area contributed by atoms with Crippen LogP contribution in [0.4, 0.5) is 0 Å². The monoisotopic (exact) mass is 340 g/mol. The number of carbonyl (C=O) groups excluding carboxylic acids is 1. The lowest BCUT2D eigenvalue weighted by atomic mass is 10.1. The third-order valence-corrected chi connectivity index (χ3v) is 3.82. The molecule has 8 heteroatoms.